The smallest absolute Gasteiger partial charge is 0.409 e. The Bertz CT molecular complexity index is 819. The van der Waals surface area contributed by atoms with Gasteiger partial charge in [-0.1, -0.05) is 18.2 Å². The van der Waals surface area contributed by atoms with Gasteiger partial charge in [-0.3, -0.25) is 4.79 Å². The number of halogens is 1. The molecule has 2 amide bonds. The monoisotopic (exact) mass is 450 g/mol. The summed E-state index contributed by atoms with van der Waals surface area (Å²) in [6.07, 6.45) is 7.91. The number of hydrogen-bond acceptors (Lipinski definition) is 5. The molecule has 2 unspecified atom stereocenters. The van der Waals surface area contributed by atoms with Crippen LogP contribution in [0.3, 0.4) is 0 Å². The van der Waals surface area contributed by atoms with Crippen molar-refractivity contribution in [1.29, 1.82) is 0 Å². The summed E-state index contributed by atoms with van der Waals surface area (Å²) in [7, 11) is 4.65. The lowest BCUT2D eigenvalue weighted by Crippen LogP contribution is -2.60. The van der Waals surface area contributed by atoms with Crippen molar-refractivity contribution >= 4 is 12.0 Å². The second kappa shape index (κ2) is 10.2. The number of ether oxygens (including phenoxy) is 3. The molecule has 2 saturated heterocycles. The van der Waals surface area contributed by atoms with Crippen LogP contribution in [0.25, 0.3) is 0 Å². The number of rotatable bonds is 5. The Morgan fingerprint density at radius 2 is 1.81 bits per heavy atom. The molecule has 0 aromatic rings. The van der Waals surface area contributed by atoms with Crippen LogP contribution in [0.4, 0.5) is 9.18 Å². The van der Waals surface area contributed by atoms with E-state index in [1.54, 1.807) is 26.0 Å². The molecule has 3 rings (SSSR count). The normalized spacial score (nSPS) is 31.3. The molecule has 7 nitrogen and oxygen atoms in total. The molecule has 1 aliphatic carbocycles. The van der Waals surface area contributed by atoms with Gasteiger partial charge < -0.3 is 24.0 Å². The molecule has 3 aliphatic rings. The van der Waals surface area contributed by atoms with E-state index in [9.17, 15) is 14.0 Å². The number of amides is 2. The van der Waals surface area contributed by atoms with Crippen molar-refractivity contribution in [2.45, 2.75) is 44.8 Å². The van der Waals surface area contributed by atoms with E-state index >= 15 is 0 Å². The van der Waals surface area contributed by atoms with E-state index in [4.69, 9.17) is 14.2 Å². The molecule has 0 radical (unpaired) electrons. The maximum Gasteiger partial charge on any atom is 0.409 e. The Kier molecular flexibility index (Phi) is 7.77. The van der Waals surface area contributed by atoms with Crippen LogP contribution in [0, 0.1) is 11.8 Å². The second-order valence-electron chi connectivity index (χ2n) is 8.82. The van der Waals surface area contributed by atoms with Gasteiger partial charge >= 0.3 is 6.09 Å². The van der Waals surface area contributed by atoms with Crippen molar-refractivity contribution in [3.63, 3.8) is 0 Å². The van der Waals surface area contributed by atoms with Gasteiger partial charge in [0.05, 0.1) is 18.9 Å². The highest BCUT2D eigenvalue weighted by Crippen LogP contribution is 2.40. The summed E-state index contributed by atoms with van der Waals surface area (Å²) in [5.41, 5.74) is 1.11. The van der Waals surface area contributed by atoms with E-state index < -0.39 is 17.6 Å². The Labute approximate surface area is 189 Å². The lowest BCUT2D eigenvalue weighted by molar-refractivity contribution is -0.157. The highest BCUT2D eigenvalue weighted by molar-refractivity contribution is 5.82. The molecular formula is C24H35FN2O5. The summed E-state index contributed by atoms with van der Waals surface area (Å²) < 4.78 is 30.8. The van der Waals surface area contributed by atoms with Gasteiger partial charge in [0.2, 0.25) is 5.91 Å². The number of methoxy groups -OCH3 is 3. The predicted octanol–water partition coefficient (Wildman–Crippen LogP) is 3.47. The number of piperidine rings is 1. The van der Waals surface area contributed by atoms with Crippen LogP contribution in [0.5, 0.6) is 0 Å². The van der Waals surface area contributed by atoms with Crippen LogP contribution in [-0.4, -0.2) is 81.0 Å². The zero-order chi connectivity index (χ0) is 23.5. The number of allylic oxidation sites excluding steroid dienone is 4. The molecule has 2 fully saturated rings. The number of carbonyl (C=O) groups excluding carboxylic acids is 2. The van der Waals surface area contributed by atoms with E-state index in [0.29, 0.717) is 25.1 Å². The first-order valence-electron chi connectivity index (χ1n) is 11.2. The van der Waals surface area contributed by atoms with Gasteiger partial charge in [0.1, 0.15) is 11.7 Å². The molecule has 0 spiro atoms. The molecule has 2 aliphatic heterocycles. The molecule has 4 atom stereocenters. The highest BCUT2D eigenvalue weighted by atomic mass is 19.1. The Morgan fingerprint density at radius 1 is 1.09 bits per heavy atom. The number of nitrogens with zero attached hydrogens (tertiary/aromatic N) is 2. The first-order valence-corrected chi connectivity index (χ1v) is 11.2. The third-order valence-corrected chi connectivity index (χ3v) is 7.35. The van der Waals surface area contributed by atoms with Gasteiger partial charge in [-0.25, -0.2) is 9.18 Å². The van der Waals surface area contributed by atoms with Gasteiger partial charge in [0, 0.05) is 52.7 Å². The number of likely N-dealkylation sites (tertiary alicyclic amines) is 2. The summed E-state index contributed by atoms with van der Waals surface area (Å²) in [4.78, 5) is 29.0. The summed E-state index contributed by atoms with van der Waals surface area (Å²) in [6, 6.07) is 0. The Balaban J connectivity index is 1.82. The lowest BCUT2D eigenvalue weighted by atomic mass is 9.77. The minimum absolute atomic E-state index is 0.0914. The van der Waals surface area contributed by atoms with Gasteiger partial charge in [-0.2, -0.15) is 0 Å². The third kappa shape index (κ3) is 4.48. The van der Waals surface area contributed by atoms with Crippen LogP contribution >= 0.6 is 0 Å². The summed E-state index contributed by atoms with van der Waals surface area (Å²) >= 11 is 0. The van der Waals surface area contributed by atoms with E-state index in [2.05, 4.69) is 12.2 Å². The lowest BCUT2D eigenvalue weighted by Gasteiger charge is -2.48. The van der Waals surface area contributed by atoms with Crippen molar-refractivity contribution < 1.29 is 28.2 Å². The molecule has 32 heavy (non-hydrogen) atoms. The maximum absolute atomic E-state index is 14.1. The molecule has 0 N–H and O–H groups in total. The minimum Gasteiger partial charge on any atom is -0.453 e. The van der Waals surface area contributed by atoms with Crippen LogP contribution in [0.1, 0.15) is 33.1 Å². The summed E-state index contributed by atoms with van der Waals surface area (Å²) in [5.74, 6) is -1.31. The fourth-order valence-electron chi connectivity index (χ4n) is 5.31. The molecule has 178 valence electrons. The molecular weight excluding hydrogens is 415 g/mol. The number of hydrogen-bond donors (Lipinski definition) is 0. The van der Waals surface area contributed by atoms with Crippen molar-refractivity contribution in [1.82, 2.24) is 9.80 Å². The third-order valence-electron chi connectivity index (χ3n) is 7.35. The zero-order valence-electron chi connectivity index (χ0n) is 19.7. The van der Waals surface area contributed by atoms with Gasteiger partial charge in [-0.05, 0) is 37.8 Å². The van der Waals surface area contributed by atoms with Crippen LogP contribution < -0.4 is 0 Å². The fraction of sp³-hybridized carbons (Fsp3) is 0.667. The standard InChI is InChI=1S/C24H35FN2O5/c1-16(17(2)25)19-13-27(23(29)31-4)14-20(19)22(28)26-12-11-24(32-5,21(15-26)30-3)18-9-7-6-8-10-18/h6-7,9,19-21H,8,10-15H2,1-5H3/b17-16-/t19-,20?,21?,24-/m0/s1. The molecule has 0 aromatic carbocycles. The average Bonchev–Trinajstić information content (AvgIpc) is 3.27. The molecule has 0 saturated carbocycles. The van der Waals surface area contributed by atoms with E-state index in [-0.39, 0.29) is 36.8 Å². The maximum atomic E-state index is 14.1. The van der Waals surface area contributed by atoms with E-state index in [1.807, 2.05) is 6.08 Å². The van der Waals surface area contributed by atoms with Gasteiger partial charge in [0.15, 0.2) is 0 Å². The van der Waals surface area contributed by atoms with Crippen LogP contribution in [-0.2, 0) is 19.0 Å². The van der Waals surface area contributed by atoms with Gasteiger partial charge in [-0.15, -0.1) is 0 Å². The molecule has 2 heterocycles. The number of carbonyl (C=O) groups is 2. The molecule has 8 heteroatoms. The van der Waals surface area contributed by atoms with Crippen molar-refractivity contribution in [2.24, 2.45) is 11.8 Å². The summed E-state index contributed by atoms with van der Waals surface area (Å²) in [5, 5.41) is 0. The van der Waals surface area contributed by atoms with Gasteiger partial charge in [0.25, 0.3) is 0 Å². The van der Waals surface area contributed by atoms with E-state index in [0.717, 1.165) is 12.8 Å². The van der Waals surface area contributed by atoms with E-state index in [1.165, 1.54) is 24.5 Å². The summed E-state index contributed by atoms with van der Waals surface area (Å²) in [6.45, 7) is 4.43. The highest BCUT2D eigenvalue weighted by Gasteiger charge is 2.50. The first kappa shape index (κ1) is 24.5. The Hall–Kier alpha value is -2.19. The molecule has 0 aromatic heterocycles. The average molecular weight is 451 g/mol. The minimum atomic E-state index is -0.575. The second-order valence-corrected chi connectivity index (χ2v) is 8.82. The van der Waals surface area contributed by atoms with Crippen molar-refractivity contribution in [3.05, 3.63) is 35.2 Å². The van der Waals surface area contributed by atoms with Crippen molar-refractivity contribution in [2.75, 3.05) is 47.5 Å². The predicted molar refractivity (Wildman–Crippen MR) is 119 cm³/mol. The zero-order valence-corrected chi connectivity index (χ0v) is 19.7. The Morgan fingerprint density at radius 3 is 2.38 bits per heavy atom. The fourth-order valence-corrected chi connectivity index (χ4v) is 5.31. The van der Waals surface area contributed by atoms with Crippen molar-refractivity contribution in [3.8, 4) is 0 Å². The molecule has 0 bridgehead atoms. The quantitative estimate of drug-likeness (QED) is 0.642. The first-order chi connectivity index (χ1) is 15.3. The largest absolute Gasteiger partial charge is 0.453 e. The SMILES string of the molecule is COC(=O)N1CC(C(=O)N2CC[C@](OC)(C3=CC=CCC3)C(OC)C2)[C@H](/C(C)=C(/C)F)C1. The van der Waals surface area contributed by atoms with Crippen LogP contribution in [0.2, 0.25) is 0 Å². The topological polar surface area (TPSA) is 68.3 Å². The van der Waals surface area contributed by atoms with Crippen LogP contribution in [0.15, 0.2) is 35.2 Å².